The van der Waals surface area contributed by atoms with Crippen molar-refractivity contribution >= 4 is 35.6 Å². The quantitative estimate of drug-likeness (QED) is 0.0462. The number of carbonyl (C=O) groups excluding carboxylic acids is 3. The summed E-state index contributed by atoms with van der Waals surface area (Å²) in [6.07, 6.45) is 0.907. The van der Waals surface area contributed by atoms with Crippen LogP contribution in [0.2, 0.25) is 0 Å². The molecule has 4 atom stereocenters. The van der Waals surface area contributed by atoms with Crippen LogP contribution in [0.4, 0.5) is 0 Å². The van der Waals surface area contributed by atoms with Gasteiger partial charge in [0.15, 0.2) is 11.9 Å². The van der Waals surface area contributed by atoms with Crippen molar-refractivity contribution in [3.8, 4) is 0 Å². The fourth-order valence-electron chi connectivity index (χ4n) is 3.14. The van der Waals surface area contributed by atoms with Gasteiger partial charge in [0.2, 0.25) is 17.7 Å². The number of aliphatic hydroxyl groups excluding tert-OH is 1. The molecule has 0 spiro atoms. The van der Waals surface area contributed by atoms with Crippen LogP contribution < -0.4 is 44.6 Å². The van der Waals surface area contributed by atoms with Gasteiger partial charge < -0.3 is 54.8 Å². The number of carboxylic acids is 1. The van der Waals surface area contributed by atoms with Gasteiger partial charge in [0.25, 0.3) is 0 Å². The number of amides is 3. The van der Waals surface area contributed by atoms with E-state index in [1.807, 2.05) is 13.8 Å². The van der Waals surface area contributed by atoms with Crippen molar-refractivity contribution in [3.63, 3.8) is 0 Å². The van der Waals surface area contributed by atoms with E-state index < -0.39 is 54.5 Å². The van der Waals surface area contributed by atoms with Crippen molar-refractivity contribution in [1.82, 2.24) is 16.0 Å². The van der Waals surface area contributed by atoms with Gasteiger partial charge in [-0.1, -0.05) is 13.8 Å². The van der Waals surface area contributed by atoms with Gasteiger partial charge in [-0.25, -0.2) is 4.79 Å². The topological polar surface area (TPSA) is 300 Å². The van der Waals surface area contributed by atoms with E-state index in [-0.39, 0.29) is 63.0 Å². The molecule has 0 saturated carbocycles. The molecule has 0 rings (SSSR count). The molecule has 4 unspecified atom stereocenters. The van der Waals surface area contributed by atoms with Crippen LogP contribution in [-0.4, -0.2) is 89.7 Å². The Bertz CT molecular complexity index is 812. The average Bonchev–Trinajstić information content (AvgIpc) is 2.80. The Morgan fingerprint density at radius 1 is 0.757 bits per heavy atom. The lowest BCUT2D eigenvalue weighted by molar-refractivity contribution is -0.142. The van der Waals surface area contributed by atoms with Crippen molar-refractivity contribution in [2.75, 3.05) is 19.7 Å². The highest BCUT2D eigenvalue weighted by Gasteiger charge is 2.30. The molecule has 0 fully saturated rings. The zero-order valence-corrected chi connectivity index (χ0v) is 21.4. The van der Waals surface area contributed by atoms with Crippen LogP contribution >= 0.6 is 0 Å². The van der Waals surface area contributed by atoms with Gasteiger partial charge in [0.05, 0.1) is 6.61 Å². The first-order valence-electron chi connectivity index (χ1n) is 11.9. The predicted molar refractivity (Wildman–Crippen MR) is 138 cm³/mol. The molecule has 0 saturated heterocycles. The second-order valence-electron chi connectivity index (χ2n) is 8.84. The molecule has 0 aromatic carbocycles. The molecule has 0 aromatic heterocycles. The van der Waals surface area contributed by atoms with E-state index in [0.717, 1.165) is 0 Å². The van der Waals surface area contributed by atoms with E-state index in [4.69, 9.17) is 33.8 Å². The fraction of sp³-hybridized carbons (Fsp3) is 0.714. The maximum atomic E-state index is 13.0. The maximum Gasteiger partial charge on any atom is 0.326 e. The molecule has 212 valence electrons. The highest BCUT2D eigenvalue weighted by molar-refractivity contribution is 5.94. The van der Waals surface area contributed by atoms with Crippen LogP contribution in [0.15, 0.2) is 9.98 Å². The maximum absolute atomic E-state index is 13.0. The lowest BCUT2D eigenvalue weighted by Crippen LogP contribution is -2.57. The molecular weight excluding hydrogens is 488 g/mol. The summed E-state index contributed by atoms with van der Waals surface area (Å²) in [7, 11) is 0. The number of aliphatic imine (C=N–C) groups is 2. The summed E-state index contributed by atoms with van der Waals surface area (Å²) in [5.74, 6) is -3.71. The van der Waals surface area contributed by atoms with Crippen LogP contribution in [0.25, 0.3) is 0 Å². The van der Waals surface area contributed by atoms with Gasteiger partial charge in [-0.15, -0.1) is 0 Å². The molecule has 37 heavy (non-hydrogen) atoms. The summed E-state index contributed by atoms with van der Waals surface area (Å²) in [6, 6.07) is -4.68. The molecule has 16 nitrogen and oxygen atoms in total. The Morgan fingerprint density at radius 3 is 1.62 bits per heavy atom. The third-order valence-corrected chi connectivity index (χ3v) is 5.01. The first-order valence-corrected chi connectivity index (χ1v) is 11.9. The van der Waals surface area contributed by atoms with Crippen LogP contribution in [0, 0.1) is 5.92 Å². The number of guanidine groups is 2. The number of nitrogens with two attached hydrogens (primary N) is 5. The van der Waals surface area contributed by atoms with E-state index >= 15 is 0 Å². The van der Waals surface area contributed by atoms with Crippen molar-refractivity contribution < 1.29 is 29.4 Å². The Morgan fingerprint density at radius 2 is 1.19 bits per heavy atom. The number of nitrogens with zero attached hydrogens (tertiary/aromatic N) is 2. The third kappa shape index (κ3) is 15.1. The summed E-state index contributed by atoms with van der Waals surface area (Å²) in [6.45, 7) is 3.39. The average molecular weight is 531 g/mol. The SMILES string of the molecule is CC(C)CC(NC(=O)C(N)CO)C(=O)NC(CCCN=C(N)N)C(=O)NC(CCCN=C(N)N)C(=O)O. The second-order valence-corrected chi connectivity index (χ2v) is 8.84. The molecule has 0 aliphatic carbocycles. The standard InChI is InChI=1S/C21H42N10O6/c1-11(2)9-15(31-16(33)12(22)10-32)18(35)29-13(5-3-7-27-20(23)24)17(34)30-14(19(36)37)6-4-8-28-21(25)26/h11-15,32H,3-10,22H2,1-2H3,(H,29,35)(H,30,34)(H,31,33)(H,36,37)(H4,23,24,27)(H4,25,26,28). The van der Waals surface area contributed by atoms with Gasteiger partial charge in [0, 0.05) is 13.1 Å². The smallest absolute Gasteiger partial charge is 0.326 e. The van der Waals surface area contributed by atoms with E-state index in [1.54, 1.807) is 0 Å². The number of nitrogens with one attached hydrogen (secondary N) is 3. The Hall–Kier alpha value is -3.66. The van der Waals surface area contributed by atoms with Crippen LogP contribution in [0.1, 0.15) is 46.0 Å². The first-order chi connectivity index (χ1) is 17.3. The number of rotatable bonds is 18. The van der Waals surface area contributed by atoms with Crippen molar-refractivity contribution in [1.29, 1.82) is 0 Å². The van der Waals surface area contributed by atoms with Gasteiger partial charge in [-0.3, -0.25) is 24.4 Å². The van der Waals surface area contributed by atoms with E-state index in [0.29, 0.717) is 0 Å². The molecule has 0 heterocycles. The highest BCUT2D eigenvalue weighted by Crippen LogP contribution is 2.08. The van der Waals surface area contributed by atoms with E-state index in [2.05, 4.69) is 25.9 Å². The van der Waals surface area contributed by atoms with Crippen molar-refractivity contribution in [3.05, 3.63) is 0 Å². The normalized spacial score (nSPS) is 14.0. The first kappa shape index (κ1) is 33.3. The number of hydrogen-bond acceptors (Lipinski definition) is 8. The zero-order valence-electron chi connectivity index (χ0n) is 21.4. The van der Waals surface area contributed by atoms with E-state index in [1.165, 1.54) is 0 Å². The summed E-state index contributed by atoms with van der Waals surface area (Å²) in [5, 5.41) is 26.1. The molecule has 3 amide bonds. The summed E-state index contributed by atoms with van der Waals surface area (Å²) in [4.78, 5) is 57.5. The number of carbonyl (C=O) groups is 4. The molecule has 0 aromatic rings. The van der Waals surface area contributed by atoms with E-state index in [9.17, 15) is 24.3 Å². The summed E-state index contributed by atoms with van der Waals surface area (Å²) in [5.41, 5.74) is 26.7. The molecule has 0 bridgehead atoms. The van der Waals surface area contributed by atoms with Gasteiger partial charge in [-0.05, 0) is 38.0 Å². The summed E-state index contributed by atoms with van der Waals surface area (Å²) < 4.78 is 0. The van der Waals surface area contributed by atoms with Crippen molar-refractivity contribution in [2.24, 2.45) is 44.6 Å². The van der Waals surface area contributed by atoms with Crippen molar-refractivity contribution in [2.45, 2.75) is 70.1 Å². The van der Waals surface area contributed by atoms with Gasteiger partial charge in [-0.2, -0.15) is 0 Å². The molecule has 0 aliphatic rings. The predicted octanol–water partition coefficient (Wildman–Crippen LogP) is -4.00. The monoisotopic (exact) mass is 530 g/mol. The van der Waals surface area contributed by atoms with Crippen LogP contribution in [0.3, 0.4) is 0 Å². The molecule has 15 N–H and O–H groups in total. The molecular formula is C21H42N10O6. The summed E-state index contributed by atoms with van der Waals surface area (Å²) >= 11 is 0. The third-order valence-electron chi connectivity index (χ3n) is 5.01. The molecule has 0 aliphatic heterocycles. The fourth-order valence-corrected chi connectivity index (χ4v) is 3.14. The number of aliphatic carboxylic acids is 1. The lowest BCUT2D eigenvalue weighted by atomic mass is 10.0. The van der Waals surface area contributed by atoms with Gasteiger partial charge in [0.1, 0.15) is 24.2 Å². The number of aliphatic hydroxyl groups is 1. The number of carboxylic acid groups (broad SMARTS) is 1. The number of hydrogen-bond donors (Lipinski definition) is 10. The highest BCUT2D eigenvalue weighted by atomic mass is 16.4. The second kappa shape index (κ2) is 17.7. The Kier molecular flexibility index (Phi) is 16.0. The largest absolute Gasteiger partial charge is 0.480 e. The molecule has 16 heteroatoms. The Balaban J connectivity index is 5.59. The molecule has 0 radical (unpaired) electrons. The minimum atomic E-state index is -1.27. The minimum Gasteiger partial charge on any atom is -0.480 e. The lowest BCUT2D eigenvalue weighted by Gasteiger charge is -2.26. The van der Waals surface area contributed by atoms with Gasteiger partial charge >= 0.3 is 5.97 Å². The van der Waals surface area contributed by atoms with Crippen LogP contribution in [0.5, 0.6) is 0 Å². The van der Waals surface area contributed by atoms with Crippen LogP contribution in [-0.2, 0) is 19.2 Å². The minimum absolute atomic E-state index is 0.0165. The zero-order chi connectivity index (χ0) is 28.5. The Labute approximate surface area is 215 Å².